The highest BCUT2D eigenvalue weighted by atomic mass is 35.5. The van der Waals surface area contributed by atoms with Gasteiger partial charge in [0, 0.05) is 16.8 Å². The molecule has 0 fully saturated rings. The summed E-state index contributed by atoms with van der Waals surface area (Å²) in [7, 11) is 0. The van der Waals surface area contributed by atoms with E-state index in [9.17, 15) is 9.18 Å². The summed E-state index contributed by atoms with van der Waals surface area (Å²) in [5.74, 6) is -1.04. The summed E-state index contributed by atoms with van der Waals surface area (Å²) < 4.78 is 13.5. The Morgan fingerprint density at radius 2 is 1.82 bits per heavy atom. The molecule has 114 valence electrons. The van der Waals surface area contributed by atoms with Crippen LogP contribution in [0.25, 0.3) is 0 Å². The SMILES string of the molecule is C/C(=N/NC(=O)c1ccc(N)cc1)c1c(Cl)ccc(F)c1Cl. The van der Waals surface area contributed by atoms with E-state index in [4.69, 9.17) is 28.9 Å². The van der Waals surface area contributed by atoms with Crippen molar-refractivity contribution in [1.29, 1.82) is 0 Å². The van der Waals surface area contributed by atoms with E-state index in [0.29, 0.717) is 17.0 Å². The van der Waals surface area contributed by atoms with Gasteiger partial charge in [-0.05, 0) is 43.3 Å². The van der Waals surface area contributed by atoms with Crippen LogP contribution in [0, 0.1) is 5.82 Å². The molecule has 2 aromatic carbocycles. The maximum atomic E-state index is 13.5. The van der Waals surface area contributed by atoms with Gasteiger partial charge in [-0.2, -0.15) is 5.10 Å². The van der Waals surface area contributed by atoms with E-state index in [1.54, 1.807) is 31.2 Å². The Morgan fingerprint density at radius 3 is 2.45 bits per heavy atom. The molecule has 0 aliphatic heterocycles. The van der Waals surface area contributed by atoms with Crippen molar-refractivity contribution in [2.45, 2.75) is 6.92 Å². The molecule has 0 unspecified atom stereocenters. The lowest BCUT2D eigenvalue weighted by molar-refractivity contribution is 0.0955. The Balaban J connectivity index is 2.22. The van der Waals surface area contributed by atoms with Gasteiger partial charge in [-0.1, -0.05) is 23.2 Å². The minimum absolute atomic E-state index is 0.143. The Labute approximate surface area is 136 Å². The Kier molecular flexibility index (Phi) is 5.00. The van der Waals surface area contributed by atoms with Gasteiger partial charge >= 0.3 is 0 Å². The van der Waals surface area contributed by atoms with Gasteiger partial charge in [0.25, 0.3) is 5.91 Å². The molecule has 2 aromatic rings. The van der Waals surface area contributed by atoms with Crippen LogP contribution < -0.4 is 11.2 Å². The molecule has 22 heavy (non-hydrogen) atoms. The zero-order chi connectivity index (χ0) is 16.3. The molecule has 2 rings (SSSR count). The van der Waals surface area contributed by atoms with Crippen molar-refractivity contribution in [3.63, 3.8) is 0 Å². The zero-order valence-electron chi connectivity index (χ0n) is 11.5. The second-order valence-electron chi connectivity index (χ2n) is 4.48. The number of hydrogen-bond acceptors (Lipinski definition) is 3. The van der Waals surface area contributed by atoms with Gasteiger partial charge in [0.15, 0.2) is 0 Å². The van der Waals surface area contributed by atoms with Crippen molar-refractivity contribution in [2.75, 3.05) is 5.73 Å². The quantitative estimate of drug-likeness (QED) is 0.385. The standard InChI is InChI=1S/C15H12Cl2FN3O/c1-8(13-11(16)6-7-12(18)14(13)17)20-21-15(22)9-2-4-10(19)5-3-9/h2-7H,19H2,1H3,(H,21,22)/b20-8-. The molecule has 0 saturated heterocycles. The molecule has 0 aliphatic carbocycles. The van der Waals surface area contributed by atoms with Crippen LogP contribution in [0.2, 0.25) is 10.0 Å². The molecular formula is C15H12Cl2FN3O. The van der Waals surface area contributed by atoms with E-state index < -0.39 is 11.7 Å². The molecule has 0 heterocycles. The van der Waals surface area contributed by atoms with E-state index in [0.717, 1.165) is 6.07 Å². The minimum atomic E-state index is -0.611. The third-order valence-corrected chi connectivity index (χ3v) is 3.59. The zero-order valence-corrected chi connectivity index (χ0v) is 13.0. The lowest BCUT2D eigenvalue weighted by atomic mass is 10.1. The number of carbonyl (C=O) groups is 1. The van der Waals surface area contributed by atoms with Crippen LogP contribution >= 0.6 is 23.2 Å². The van der Waals surface area contributed by atoms with E-state index in [-0.39, 0.29) is 15.6 Å². The van der Waals surface area contributed by atoms with Crippen molar-refractivity contribution in [1.82, 2.24) is 5.43 Å². The second kappa shape index (κ2) is 6.77. The Bertz CT molecular complexity index is 745. The number of nitrogens with two attached hydrogens (primary N) is 1. The number of hydrogen-bond donors (Lipinski definition) is 2. The molecule has 0 saturated carbocycles. The molecule has 0 aromatic heterocycles. The summed E-state index contributed by atoms with van der Waals surface area (Å²) in [6.45, 7) is 1.57. The number of hydrazone groups is 1. The average molecular weight is 340 g/mol. The number of benzene rings is 2. The number of nitrogens with one attached hydrogen (secondary N) is 1. The van der Waals surface area contributed by atoms with Gasteiger partial charge in [0.2, 0.25) is 0 Å². The largest absolute Gasteiger partial charge is 0.399 e. The van der Waals surface area contributed by atoms with Crippen LogP contribution in [-0.2, 0) is 0 Å². The van der Waals surface area contributed by atoms with Gasteiger partial charge in [0.05, 0.1) is 15.8 Å². The summed E-state index contributed by atoms with van der Waals surface area (Å²) >= 11 is 11.9. The minimum Gasteiger partial charge on any atom is -0.399 e. The third-order valence-electron chi connectivity index (χ3n) is 2.90. The van der Waals surface area contributed by atoms with E-state index in [2.05, 4.69) is 10.5 Å². The first-order chi connectivity index (χ1) is 10.4. The molecule has 3 N–H and O–H groups in total. The molecule has 0 spiro atoms. The first kappa shape index (κ1) is 16.3. The van der Waals surface area contributed by atoms with Crippen molar-refractivity contribution >= 4 is 40.5 Å². The van der Waals surface area contributed by atoms with Gasteiger partial charge < -0.3 is 5.73 Å². The van der Waals surface area contributed by atoms with Crippen LogP contribution in [0.5, 0.6) is 0 Å². The third kappa shape index (κ3) is 3.55. The first-order valence-electron chi connectivity index (χ1n) is 6.24. The molecule has 0 aliphatic rings. The van der Waals surface area contributed by atoms with E-state index in [1.807, 2.05) is 0 Å². The second-order valence-corrected chi connectivity index (χ2v) is 5.26. The summed E-state index contributed by atoms with van der Waals surface area (Å²) in [6, 6.07) is 8.88. The first-order valence-corrected chi connectivity index (χ1v) is 6.99. The molecule has 0 bridgehead atoms. The summed E-state index contributed by atoms with van der Waals surface area (Å²) in [4.78, 5) is 11.9. The van der Waals surface area contributed by atoms with Crippen LogP contribution in [0.4, 0.5) is 10.1 Å². The Hall–Kier alpha value is -2.11. The highest BCUT2D eigenvalue weighted by molar-refractivity contribution is 6.40. The molecular weight excluding hydrogens is 328 g/mol. The van der Waals surface area contributed by atoms with Crippen LogP contribution in [0.1, 0.15) is 22.8 Å². The lowest BCUT2D eigenvalue weighted by Crippen LogP contribution is -2.19. The highest BCUT2D eigenvalue weighted by Crippen LogP contribution is 2.27. The molecule has 4 nitrogen and oxygen atoms in total. The number of nitrogens with zero attached hydrogens (tertiary/aromatic N) is 1. The fourth-order valence-corrected chi connectivity index (χ4v) is 2.39. The Morgan fingerprint density at radius 1 is 1.18 bits per heavy atom. The fraction of sp³-hybridized carbons (Fsp3) is 0.0667. The fourth-order valence-electron chi connectivity index (χ4n) is 1.75. The average Bonchev–Trinajstić information content (AvgIpc) is 2.49. The van der Waals surface area contributed by atoms with Gasteiger partial charge in [-0.25, -0.2) is 9.82 Å². The van der Waals surface area contributed by atoms with Crippen LogP contribution in [-0.4, -0.2) is 11.6 Å². The van der Waals surface area contributed by atoms with E-state index >= 15 is 0 Å². The van der Waals surface area contributed by atoms with Gasteiger partial charge in [-0.15, -0.1) is 0 Å². The number of anilines is 1. The summed E-state index contributed by atoms with van der Waals surface area (Å²) in [6.07, 6.45) is 0. The maximum Gasteiger partial charge on any atom is 0.271 e. The smallest absolute Gasteiger partial charge is 0.271 e. The highest BCUT2D eigenvalue weighted by Gasteiger charge is 2.14. The van der Waals surface area contributed by atoms with Crippen molar-refractivity contribution < 1.29 is 9.18 Å². The number of rotatable bonds is 3. The van der Waals surface area contributed by atoms with Gasteiger partial charge in [-0.3, -0.25) is 4.79 Å². The van der Waals surface area contributed by atoms with Crippen LogP contribution in [0.15, 0.2) is 41.5 Å². The predicted octanol–water partition coefficient (Wildman–Crippen LogP) is 3.87. The summed E-state index contributed by atoms with van der Waals surface area (Å²) in [5.41, 5.74) is 9.38. The number of halogens is 3. The number of amides is 1. The van der Waals surface area contributed by atoms with E-state index in [1.165, 1.54) is 6.07 Å². The summed E-state index contributed by atoms with van der Waals surface area (Å²) in [5, 5.41) is 4.01. The van der Waals surface area contributed by atoms with Gasteiger partial charge in [0.1, 0.15) is 5.82 Å². The molecule has 7 heteroatoms. The number of carbonyl (C=O) groups excluding carboxylic acids is 1. The maximum absolute atomic E-state index is 13.5. The lowest BCUT2D eigenvalue weighted by Gasteiger charge is -2.08. The topological polar surface area (TPSA) is 67.5 Å². The van der Waals surface area contributed by atoms with Crippen LogP contribution in [0.3, 0.4) is 0 Å². The van der Waals surface area contributed by atoms with Crippen molar-refractivity contribution in [2.24, 2.45) is 5.10 Å². The van der Waals surface area contributed by atoms with Crippen molar-refractivity contribution in [3.05, 3.63) is 63.4 Å². The molecule has 1 amide bonds. The molecule has 0 atom stereocenters. The normalized spacial score (nSPS) is 11.4. The van der Waals surface area contributed by atoms with Crippen molar-refractivity contribution in [3.8, 4) is 0 Å². The molecule has 0 radical (unpaired) electrons. The number of nitrogen functional groups attached to an aromatic ring is 1. The monoisotopic (exact) mass is 339 g/mol. The predicted molar refractivity (Wildman–Crippen MR) is 87.0 cm³/mol.